The third kappa shape index (κ3) is 4.05. The summed E-state index contributed by atoms with van der Waals surface area (Å²) in [5.41, 5.74) is 0.409. The van der Waals surface area contributed by atoms with E-state index in [2.05, 4.69) is 0 Å². The Morgan fingerprint density at radius 3 is 2.61 bits per heavy atom. The molecule has 18 heavy (non-hydrogen) atoms. The van der Waals surface area contributed by atoms with Crippen LogP contribution in [0, 0.1) is 0 Å². The topological polar surface area (TPSA) is 66.8 Å². The maximum absolute atomic E-state index is 10.4. The van der Waals surface area contributed by atoms with E-state index in [1.54, 1.807) is 0 Å². The molecule has 0 aromatic heterocycles. The van der Waals surface area contributed by atoms with Crippen LogP contribution in [0.15, 0.2) is 12.1 Å². The van der Waals surface area contributed by atoms with Crippen LogP contribution in [0.4, 0.5) is 0 Å². The number of carboxylic acid groups (broad SMARTS) is 1. The first kappa shape index (κ1) is 15.1. The van der Waals surface area contributed by atoms with Gasteiger partial charge >= 0.3 is 5.97 Å². The molecular weight excluding hydrogens is 279 g/mol. The fraction of sp³-hybridized carbons (Fsp3) is 0.417. The number of halogens is 2. The number of benzene rings is 1. The first-order valence-electron chi connectivity index (χ1n) is 5.47. The zero-order chi connectivity index (χ0) is 13.7. The van der Waals surface area contributed by atoms with Crippen molar-refractivity contribution in [1.29, 1.82) is 0 Å². The van der Waals surface area contributed by atoms with Crippen LogP contribution in [-0.4, -0.2) is 22.8 Å². The molecule has 1 aromatic rings. The highest BCUT2D eigenvalue weighted by Crippen LogP contribution is 2.35. The standard InChI is InChI=1S/C12H14Cl2O4/c1-2-18-11-6-8(13)7(5-9(11)14)10(15)3-4-12(16)17/h5-6,10,15H,2-4H2,1H3,(H,16,17)/t10-/m0/s1. The molecule has 1 aromatic carbocycles. The number of hydrogen-bond donors (Lipinski definition) is 2. The minimum Gasteiger partial charge on any atom is -0.492 e. The van der Waals surface area contributed by atoms with Crippen LogP contribution in [0.2, 0.25) is 10.0 Å². The molecule has 6 heteroatoms. The summed E-state index contributed by atoms with van der Waals surface area (Å²) in [6, 6.07) is 3.02. The van der Waals surface area contributed by atoms with Gasteiger partial charge in [0.25, 0.3) is 0 Å². The highest BCUT2D eigenvalue weighted by Gasteiger charge is 2.16. The molecule has 1 rings (SSSR count). The molecule has 0 heterocycles. The number of carboxylic acids is 1. The average molecular weight is 293 g/mol. The Labute approximate surface area is 115 Å². The van der Waals surface area contributed by atoms with Gasteiger partial charge in [-0.2, -0.15) is 0 Å². The largest absolute Gasteiger partial charge is 0.492 e. The van der Waals surface area contributed by atoms with Crippen molar-refractivity contribution in [2.45, 2.75) is 25.9 Å². The van der Waals surface area contributed by atoms with Gasteiger partial charge in [-0.15, -0.1) is 0 Å². The minimum absolute atomic E-state index is 0.0827. The number of rotatable bonds is 6. The lowest BCUT2D eigenvalue weighted by Gasteiger charge is -2.14. The molecule has 0 saturated carbocycles. The number of aliphatic hydroxyl groups is 1. The zero-order valence-electron chi connectivity index (χ0n) is 9.82. The summed E-state index contributed by atoms with van der Waals surface area (Å²) in [5, 5.41) is 19.1. The lowest BCUT2D eigenvalue weighted by molar-refractivity contribution is -0.137. The number of aliphatic carboxylic acids is 1. The summed E-state index contributed by atoms with van der Waals surface area (Å²) < 4.78 is 5.26. The third-order valence-corrected chi connectivity index (χ3v) is 2.96. The maximum atomic E-state index is 10.4. The predicted octanol–water partition coefficient (Wildman–Crippen LogP) is 3.29. The van der Waals surface area contributed by atoms with Gasteiger partial charge in [-0.1, -0.05) is 23.2 Å². The molecule has 0 bridgehead atoms. The average Bonchev–Trinajstić information content (AvgIpc) is 2.30. The summed E-state index contributed by atoms with van der Waals surface area (Å²) in [4.78, 5) is 10.4. The summed E-state index contributed by atoms with van der Waals surface area (Å²) in [6.07, 6.45) is -1.01. The molecule has 0 radical (unpaired) electrons. The van der Waals surface area contributed by atoms with Gasteiger partial charge in [-0.25, -0.2) is 0 Å². The van der Waals surface area contributed by atoms with Crippen molar-refractivity contribution >= 4 is 29.2 Å². The molecule has 4 nitrogen and oxygen atoms in total. The predicted molar refractivity (Wildman–Crippen MR) is 69.5 cm³/mol. The van der Waals surface area contributed by atoms with E-state index in [1.807, 2.05) is 6.92 Å². The van der Waals surface area contributed by atoms with Crippen molar-refractivity contribution in [1.82, 2.24) is 0 Å². The van der Waals surface area contributed by atoms with Crippen molar-refractivity contribution in [3.63, 3.8) is 0 Å². The van der Waals surface area contributed by atoms with E-state index in [1.165, 1.54) is 12.1 Å². The van der Waals surface area contributed by atoms with E-state index in [-0.39, 0.29) is 12.8 Å². The van der Waals surface area contributed by atoms with Crippen molar-refractivity contribution < 1.29 is 19.7 Å². The van der Waals surface area contributed by atoms with Gasteiger partial charge in [0, 0.05) is 18.1 Å². The monoisotopic (exact) mass is 292 g/mol. The van der Waals surface area contributed by atoms with Crippen LogP contribution in [0.5, 0.6) is 5.75 Å². The Balaban J connectivity index is 2.89. The number of ether oxygens (including phenoxy) is 1. The third-order valence-electron chi connectivity index (χ3n) is 2.34. The molecular formula is C12H14Cl2O4. The van der Waals surface area contributed by atoms with Crippen LogP contribution >= 0.6 is 23.2 Å². The molecule has 0 spiro atoms. The zero-order valence-corrected chi connectivity index (χ0v) is 11.3. The van der Waals surface area contributed by atoms with Crippen molar-refractivity contribution in [3.8, 4) is 5.75 Å². The Morgan fingerprint density at radius 1 is 1.39 bits per heavy atom. The molecule has 0 fully saturated rings. The summed E-state index contributed by atoms with van der Waals surface area (Å²) >= 11 is 12.0. The second-order valence-electron chi connectivity index (χ2n) is 3.69. The van der Waals surface area contributed by atoms with E-state index in [0.29, 0.717) is 28.0 Å². The normalized spacial score (nSPS) is 12.2. The minimum atomic E-state index is -0.970. The van der Waals surface area contributed by atoms with E-state index in [4.69, 9.17) is 33.0 Å². The molecule has 1 atom stereocenters. The molecule has 2 N–H and O–H groups in total. The number of hydrogen-bond acceptors (Lipinski definition) is 3. The second kappa shape index (κ2) is 6.83. The van der Waals surface area contributed by atoms with Gasteiger partial charge in [-0.3, -0.25) is 4.79 Å². The molecule has 0 aliphatic heterocycles. The van der Waals surface area contributed by atoms with Crippen molar-refractivity contribution in [2.24, 2.45) is 0 Å². The van der Waals surface area contributed by atoms with Gasteiger partial charge in [0.15, 0.2) is 0 Å². The molecule has 0 aliphatic rings. The molecule has 0 amide bonds. The SMILES string of the molecule is CCOc1cc(Cl)c([C@@H](O)CCC(=O)O)cc1Cl. The van der Waals surface area contributed by atoms with E-state index in [9.17, 15) is 9.90 Å². The highest BCUT2D eigenvalue weighted by molar-refractivity contribution is 6.34. The van der Waals surface area contributed by atoms with Crippen LogP contribution in [0.25, 0.3) is 0 Å². The molecule has 0 saturated heterocycles. The van der Waals surface area contributed by atoms with Gasteiger partial charge < -0.3 is 14.9 Å². The van der Waals surface area contributed by atoms with Gasteiger partial charge in [0.05, 0.1) is 22.8 Å². The van der Waals surface area contributed by atoms with Crippen LogP contribution in [0.3, 0.4) is 0 Å². The maximum Gasteiger partial charge on any atom is 0.303 e. The first-order chi connectivity index (χ1) is 8.45. The lowest BCUT2D eigenvalue weighted by atomic mass is 10.0. The van der Waals surface area contributed by atoms with Crippen LogP contribution in [-0.2, 0) is 4.79 Å². The molecule has 0 unspecified atom stereocenters. The van der Waals surface area contributed by atoms with E-state index in [0.717, 1.165) is 0 Å². The van der Waals surface area contributed by atoms with E-state index >= 15 is 0 Å². The van der Waals surface area contributed by atoms with E-state index < -0.39 is 12.1 Å². The van der Waals surface area contributed by atoms with Gasteiger partial charge in [-0.05, 0) is 19.4 Å². The quantitative estimate of drug-likeness (QED) is 0.844. The number of carbonyl (C=O) groups is 1. The van der Waals surface area contributed by atoms with Crippen molar-refractivity contribution in [2.75, 3.05) is 6.61 Å². The first-order valence-corrected chi connectivity index (χ1v) is 6.22. The summed E-state index contributed by atoms with van der Waals surface area (Å²) in [6.45, 7) is 2.27. The lowest BCUT2D eigenvalue weighted by Crippen LogP contribution is -2.04. The van der Waals surface area contributed by atoms with Crippen molar-refractivity contribution in [3.05, 3.63) is 27.7 Å². The van der Waals surface area contributed by atoms with Gasteiger partial charge in [0.1, 0.15) is 5.75 Å². The number of aliphatic hydroxyl groups excluding tert-OH is 1. The highest BCUT2D eigenvalue weighted by atomic mass is 35.5. The molecule has 100 valence electrons. The van der Waals surface area contributed by atoms with Crippen LogP contribution < -0.4 is 4.74 Å². The smallest absolute Gasteiger partial charge is 0.303 e. The summed E-state index contributed by atoms with van der Waals surface area (Å²) in [7, 11) is 0. The molecule has 0 aliphatic carbocycles. The van der Waals surface area contributed by atoms with Crippen LogP contribution in [0.1, 0.15) is 31.4 Å². The van der Waals surface area contributed by atoms with Gasteiger partial charge in [0.2, 0.25) is 0 Å². The Morgan fingerprint density at radius 2 is 2.06 bits per heavy atom. The Hall–Kier alpha value is -0.970. The fourth-order valence-electron chi connectivity index (χ4n) is 1.48. The second-order valence-corrected chi connectivity index (χ2v) is 4.50. The Bertz CT molecular complexity index is 434. The fourth-order valence-corrected chi connectivity index (χ4v) is 1.99. The summed E-state index contributed by atoms with van der Waals surface area (Å²) in [5.74, 6) is -0.527. The Kier molecular flexibility index (Phi) is 5.72.